The van der Waals surface area contributed by atoms with Crippen molar-refractivity contribution >= 4 is 11.3 Å². The first kappa shape index (κ1) is 8.36. The van der Waals surface area contributed by atoms with Crippen LogP contribution in [0.15, 0.2) is 48.6 Å². The van der Waals surface area contributed by atoms with Gasteiger partial charge in [-0.15, -0.1) is 0 Å². The fourth-order valence-electron chi connectivity index (χ4n) is 1.92. The van der Waals surface area contributed by atoms with E-state index in [4.69, 9.17) is 10.5 Å². The molecule has 0 fully saturated rings. The second kappa shape index (κ2) is 3.02. The smallest absolute Gasteiger partial charge is 0.151 e. The highest BCUT2D eigenvalue weighted by atomic mass is 16.5. The molecule has 2 aliphatic rings. The molecule has 2 N–H and O–H groups in total. The van der Waals surface area contributed by atoms with E-state index in [0.29, 0.717) is 5.69 Å². The lowest BCUT2D eigenvalue weighted by Crippen LogP contribution is -2.16. The number of hydrogen-bond donors (Lipinski definition) is 1. The molecule has 1 aliphatic carbocycles. The maximum Gasteiger partial charge on any atom is 0.151 e. The first-order valence-electron chi connectivity index (χ1n) is 4.97. The van der Waals surface area contributed by atoms with Crippen molar-refractivity contribution in [3.63, 3.8) is 0 Å². The van der Waals surface area contributed by atoms with Crippen molar-refractivity contribution in [3.8, 4) is 5.75 Å². The highest BCUT2D eigenvalue weighted by Crippen LogP contribution is 2.37. The van der Waals surface area contributed by atoms with Gasteiger partial charge in [0, 0.05) is 5.56 Å². The number of benzene rings is 1. The van der Waals surface area contributed by atoms with Crippen LogP contribution in [0.1, 0.15) is 5.56 Å². The Morgan fingerprint density at radius 2 is 2.13 bits per heavy atom. The summed E-state index contributed by atoms with van der Waals surface area (Å²) in [5.41, 5.74) is 8.85. The van der Waals surface area contributed by atoms with Gasteiger partial charge in [0.2, 0.25) is 0 Å². The van der Waals surface area contributed by atoms with Crippen LogP contribution in [-0.2, 0) is 0 Å². The van der Waals surface area contributed by atoms with E-state index >= 15 is 0 Å². The molecule has 1 aromatic rings. The Morgan fingerprint density at radius 1 is 1.20 bits per heavy atom. The van der Waals surface area contributed by atoms with Crippen molar-refractivity contribution in [2.75, 3.05) is 5.73 Å². The zero-order valence-electron chi connectivity index (χ0n) is 8.18. The molecule has 2 nitrogen and oxygen atoms in total. The molecular formula is C13H11NO. The predicted octanol–water partition coefficient (Wildman–Crippen LogP) is 2.54. The van der Waals surface area contributed by atoms with Crippen LogP contribution in [-0.4, -0.2) is 6.10 Å². The van der Waals surface area contributed by atoms with Crippen molar-refractivity contribution in [2.45, 2.75) is 6.10 Å². The van der Waals surface area contributed by atoms with Crippen molar-refractivity contribution in [3.05, 3.63) is 54.1 Å². The molecule has 2 bridgehead atoms. The summed E-state index contributed by atoms with van der Waals surface area (Å²) in [5, 5.41) is 0. The summed E-state index contributed by atoms with van der Waals surface area (Å²) in [4.78, 5) is 0. The molecule has 1 unspecified atom stereocenters. The maximum atomic E-state index is 5.90. The molecule has 15 heavy (non-hydrogen) atoms. The SMILES string of the molecule is Nc1cccc2c1OC1C=CC=CC2=C1. The van der Waals surface area contributed by atoms with Crippen LogP contribution < -0.4 is 10.5 Å². The number of para-hydroxylation sites is 1. The summed E-state index contributed by atoms with van der Waals surface area (Å²) in [6, 6.07) is 5.85. The number of hydrogen-bond acceptors (Lipinski definition) is 2. The molecule has 0 aromatic heterocycles. The summed E-state index contributed by atoms with van der Waals surface area (Å²) in [6.45, 7) is 0. The lowest BCUT2D eigenvalue weighted by molar-refractivity contribution is 0.293. The molecule has 0 saturated heterocycles. The quantitative estimate of drug-likeness (QED) is 0.649. The third kappa shape index (κ3) is 1.26. The fourth-order valence-corrected chi connectivity index (χ4v) is 1.92. The van der Waals surface area contributed by atoms with Crippen LogP contribution in [0.5, 0.6) is 5.75 Å². The van der Waals surface area contributed by atoms with Crippen LogP contribution in [0.2, 0.25) is 0 Å². The highest BCUT2D eigenvalue weighted by molar-refractivity contribution is 5.83. The molecule has 1 heterocycles. The first-order valence-corrected chi connectivity index (χ1v) is 4.97. The normalized spacial score (nSPS) is 21.3. The molecule has 0 amide bonds. The molecular weight excluding hydrogens is 186 g/mol. The molecule has 0 radical (unpaired) electrons. The van der Waals surface area contributed by atoms with Crippen LogP contribution in [0.3, 0.4) is 0 Å². The number of anilines is 1. The second-order valence-electron chi connectivity index (χ2n) is 3.67. The van der Waals surface area contributed by atoms with Gasteiger partial charge in [0.25, 0.3) is 0 Å². The molecule has 1 atom stereocenters. The zero-order valence-corrected chi connectivity index (χ0v) is 8.18. The summed E-state index contributed by atoms with van der Waals surface area (Å²) >= 11 is 0. The average Bonchev–Trinajstić information content (AvgIpc) is 2.43. The van der Waals surface area contributed by atoms with Crippen molar-refractivity contribution < 1.29 is 4.74 Å². The molecule has 0 spiro atoms. The largest absolute Gasteiger partial charge is 0.479 e. The van der Waals surface area contributed by atoms with Crippen LogP contribution in [0, 0.1) is 0 Å². The number of allylic oxidation sites excluding steroid dienone is 4. The fraction of sp³-hybridized carbons (Fsp3) is 0.0769. The topological polar surface area (TPSA) is 35.2 Å². The van der Waals surface area contributed by atoms with Crippen LogP contribution in [0.4, 0.5) is 5.69 Å². The van der Waals surface area contributed by atoms with E-state index in [9.17, 15) is 0 Å². The van der Waals surface area contributed by atoms with Crippen LogP contribution in [0.25, 0.3) is 5.57 Å². The monoisotopic (exact) mass is 197 g/mol. The zero-order chi connectivity index (χ0) is 10.3. The van der Waals surface area contributed by atoms with Gasteiger partial charge in [-0.05, 0) is 23.8 Å². The Kier molecular flexibility index (Phi) is 1.68. The minimum absolute atomic E-state index is 0.00667. The summed E-state index contributed by atoms with van der Waals surface area (Å²) in [6.07, 6.45) is 10.2. The number of nitrogens with two attached hydrogens (primary N) is 1. The summed E-state index contributed by atoms with van der Waals surface area (Å²) < 4.78 is 5.79. The third-order valence-corrected chi connectivity index (χ3v) is 2.64. The number of fused-ring (bicyclic) bond motifs is 3. The number of rotatable bonds is 0. The Bertz CT molecular complexity index is 497. The molecule has 74 valence electrons. The standard InChI is InChI=1S/C13H11NO/c14-12-7-3-6-11-9-4-1-2-5-10(8-9)15-13(11)12/h1-8,10H,14H2. The van der Waals surface area contributed by atoms with Gasteiger partial charge in [0.05, 0.1) is 5.69 Å². The van der Waals surface area contributed by atoms with E-state index < -0.39 is 0 Å². The van der Waals surface area contributed by atoms with Gasteiger partial charge in [0.15, 0.2) is 5.75 Å². The van der Waals surface area contributed by atoms with E-state index in [0.717, 1.165) is 11.3 Å². The Morgan fingerprint density at radius 3 is 3.07 bits per heavy atom. The summed E-state index contributed by atoms with van der Waals surface area (Å²) in [5.74, 6) is 0.802. The minimum atomic E-state index is 0.00667. The van der Waals surface area contributed by atoms with Crippen molar-refractivity contribution in [1.29, 1.82) is 0 Å². The van der Waals surface area contributed by atoms with Gasteiger partial charge < -0.3 is 10.5 Å². The molecule has 1 aliphatic heterocycles. The highest BCUT2D eigenvalue weighted by Gasteiger charge is 2.20. The lowest BCUT2D eigenvalue weighted by atomic mass is 10.00. The maximum absolute atomic E-state index is 5.90. The second-order valence-corrected chi connectivity index (χ2v) is 3.67. The van der Waals surface area contributed by atoms with E-state index in [-0.39, 0.29) is 6.10 Å². The summed E-state index contributed by atoms with van der Waals surface area (Å²) in [7, 11) is 0. The van der Waals surface area contributed by atoms with Gasteiger partial charge >= 0.3 is 0 Å². The van der Waals surface area contributed by atoms with E-state index in [2.05, 4.69) is 12.2 Å². The Labute approximate surface area is 88.4 Å². The van der Waals surface area contributed by atoms with E-state index in [1.54, 1.807) is 0 Å². The first-order chi connectivity index (χ1) is 7.34. The minimum Gasteiger partial charge on any atom is -0.479 e. The van der Waals surface area contributed by atoms with Crippen LogP contribution >= 0.6 is 0 Å². The predicted molar refractivity (Wildman–Crippen MR) is 61.5 cm³/mol. The Hall–Kier alpha value is -1.96. The molecule has 3 rings (SSSR count). The average molecular weight is 197 g/mol. The molecule has 2 heteroatoms. The van der Waals surface area contributed by atoms with Gasteiger partial charge in [-0.1, -0.05) is 30.4 Å². The van der Waals surface area contributed by atoms with E-state index in [1.165, 1.54) is 5.57 Å². The molecule has 0 saturated carbocycles. The third-order valence-electron chi connectivity index (χ3n) is 2.64. The molecule has 1 aromatic carbocycles. The number of nitrogen functional groups attached to an aromatic ring is 1. The van der Waals surface area contributed by atoms with Gasteiger partial charge in [-0.25, -0.2) is 0 Å². The van der Waals surface area contributed by atoms with Gasteiger partial charge in [-0.2, -0.15) is 0 Å². The lowest BCUT2D eigenvalue weighted by Gasteiger charge is -2.22. The van der Waals surface area contributed by atoms with Crippen molar-refractivity contribution in [2.24, 2.45) is 0 Å². The number of ether oxygens (including phenoxy) is 1. The van der Waals surface area contributed by atoms with Gasteiger partial charge in [-0.3, -0.25) is 0 Å². The van der Waals surface area contributed by atoms with Gasteiger partial charge in [0.1, 0.15) is 6.10 Å². The van der Waals surface area contributed by atoms with E-state index in [1.807, 2.05) is 36.4 Å². The van der Waals surface area contributed by atoms with Crippen molar-refractivity contribution in [1.82, 2.24) is 0 Å². The Balaban J connectivity index is 2.23.